The summed E-state index contributed by atoms with van der Waals surface area (Å²) in [6.45, 7) is 3.76. The van der Waals surface area contributed by atoms with Gasteiger partial charge in [-0.2, -0.15) is 0 Å². The molecule has 35 heavy (non-hydrogen) atoms. The summed E-state index contributed by atoms with van der Waals surface area (Å²) in [5.74, 6) is 0.0730. The van der Waals surface area contributed by atoms with E-state index in [0.717, 1.165) is 21.2 Å². The highest BCUT2D eigenvalue weighted by atomic mass is 35.5. The largest absolute Gasteiger partial charge is 0.342 e. The van der Waals surface area contributed by atoms with Gasteiger partial charge < -0.3 is 15.1 Å². The predicted octanol–water partition coefficient (Wildman–Crippen LogP) is 5.31. The Bertz CT molecular complexity index is 1370. The maximum atomic E-state index is 13.3. The molecule has 3 heterocycles. The van der Waals surface area contributed by atoms with E-state index in [1.165, 1.54) is 11.3 Å². The number of nitrogens with one attached hydrogen (secondary N) is 1. The minimum atomic E-state index is -0.160. The third kappa shape index (κ3) is 4.81. The van der Waals surface area contributed by atoms with Gasteiger partial charge in [0, 0.05) is 53.5 Å². The molecule has 0 radical (unpaired) electrons. The van der Waals surface area contributed by atoms with Crippen LogP contribution in [0.2, 0.25) is 10.0 Å². The van der Waals surface area contributed by atoms with Crippen LogP contribution in [0.3, 0.4) is 0 Å². The van der Waals surface area contributed by atoms with E-state index in [1.807, 2.05) is 61.7 Å². The van der Waals surface area contributed by atoms with E-state index >= 15 is 0 Å². The first-order valence-electron chi connectivity index (χ1n) is 11.5. The van der Waals surface area contributed by atoms with Crippen molar-refractivity contribution in [3.05, 3.63) is 75.2 Å². The van der Waals surface area contributed by atoms with Gasteiger partial charge in [-0.05, 0) is 42.7 Å². The van der Waals surface area contributed by atoms with Gasteiger partial charge in [0.25, 0.3) is 11.8 Å². The number of hydrogen-bond donors (Lipinski definition) is 1. The smallest absolute Gasteiger partial charge is 0.289 e. The Morgan fingerprint density at radius 1 is 1.09 bits per heavy atom. The van der Waals surface area contributed by atoms with E-state index in [0.29, 0.717) is 53.4 Å². The van der Waals surface area contributed by atoms with Crippen LogP contribution in [0.1, 0.15) is 28.6 Å². The number of fused-ring (bicyclic) bond motifs is 1. The summed E-state index contributed by atoms with van der Waals surface area (Å²) in [5.41, 5.74) is 2.05. The zero-order valence-corrected chi connectivity index (χ0v) is 21.5. The molecule has 1 atom stereocenters. The number of nitrogens with zero attached hydrogens (tertiary/aromatic N) is 3. The van der Waals surface area contributed by atoms with Crippen LogP contribution in [-0.2, 0) is 4.79 Å². The van der Waals surface area contributed by atoms with E-state index < -0.39 is 0 Å². The quantitative estimate of drug-likeness (QED) is 0.502. The summed E-state index contributed by atoms with van der Waals surface area (Å²) in [5, 5.41) is 5.17. The van der Waals surface area contributed by atoms with Crippen molar-refractivity contribution >= 4 is 67.8 Å². The number of thiophene rings is 1. The fraction of sp³-hybridized carbons (Fsp3) is 0.269. The number of halogens is 2. The summed E-state index contributed by atoms with van der Waals surface area (Å²) >= 11 is 14.1. The number of aliphatic imine (C=N–C) groups is 1. The molecule has 1 fully saturated rings. The number of rotatable bonds is 3. The van der Waals surface area contributed by atoms with Crippen molar-refractivity contribution in [1.82, 2.24) is 15.1 Å². The van der Waals surface area contributed by atoms with Crippen LogP contribution in [0.25, 0.3) is 15.7 Å². The van der Waals surface area contributed by atoms with E-state index in [1.54, 1.807) is 9.80 Å². The van der Waals surface area contributed by atoms with E-state index in [-0.39, 0.29) is 17.9 Å². The van der Waals surface area contributed by atoms with Crippen molar-refractivity contribution in [1.29, 1.82) is 0 Å². The van der Waals surface area contributed by atoms with E-state index in [4.69, 9.17) is 23.2 Å². The second kappa shape index (κ2) is 10.0. The Kier molecular flexibility index (Phi) is 6.82. The number of carbonyl (C=O) groups is 2. The van der Waals surface area contributed by atoms with Crippen molar-refractivity contribution < 1.29 is 9.59 Å². The first kappa shape index (κ1) is 23.9. The summed E-state index contributed by atoms with van der Waals surface area (Å²) in [6.07, 6.45) is 2.54. The van der Waals surface area contributed by atoms with Gasteiger partial charge in [0.15, 0.2) is 5.84 Å². The standard InChI is InChI=1S/C26H24Cl2N4O2S/c1-16-15-31(11-12-32(16)25(33)23-22(28)20-7-2-3-8-21(20)35-23)26(34)24-29-10-9-18(14-30-24)17-5-4-6-19(27)13-17/h2-8,13-14,16H,9-12,15H2,1H3,(H,29,30). The Balaban J connectivity index is 1.26. The number of amidine groups is 1. The van der Waals surface area contributed by atoms with Crippen LogP contribution in [0.4, 0.5) is 0 Å². The van der Waals surface area contributed by atoms with Crippen molar-refractivity contribution in [2.75, 3.05) is 26.2 Å². The number of benzene rings is 2. The Hall–Kier alpha value is -2.87. The Morgan fingerprint density at radius 3 is 2.69 bits per heavy atom. The number of piperazine rings is 1. The zero-order chi connectivity index (χ0) is 24.5. The molecule has 1 N–H and O–H groups in total. The summed E-state index contributed by atoms with van der Waals surface area (Å²) in [7, 11) is 0. The number of hydrogen-bond acceptors (Lipinski definition) is 5. The molecule has 0 saturated carbocycles. The molecular weight excluding hydrogens is 503 g/mol. The van der Waals surface area contributed by atoms with Crippen molar-refractivity contribution in [3.8, 4) is 0 Å². The average Bonchev–Trinajstić information content (AvgIpc) is 3.03. The molecule has 2 aliphatic heterocycles. The lowest BCUT2D eigenvalue weighted by molar-refractivity contribution is -0.126. The molecule has 1 aromatic heterocycles. The zero-order valence-electron chi connectivity index (χ0n) is 19.1. The van der Waals surface area contributed by atoms with Gasteiger partial charge in [-0.15, -0.1) is 11.3 Å². The minimum absolute atomic E-state index is 0.0881. The first-order chi connectivity index (χ1) is 16.9. The normalized spacial score (nSPS) is 18.5. The van der Waals surface area contributed by atoms with E-state index in [2.05, 4.69) is 10.3 Å². The monoisotopic (exact) mass is 526 g/mol. The highest BCUT2D eigenvalue weighted by Crippen LogP contribution is 2.36. The van der Waals surface area contributed by atoms with Gasteiger partial charge in [-0.25, -0.2) is 0 Å². The minimum Gasteiger partial charge on any atom is -0.342 e. The molecule has 1 saturated heterocycles. The van der Waals surface area contributed by atoms with Crippen LogP contribution >= 0.6 is 34.5 Å². The maximum absolute atomic E-state index is 13.3. The molecule has 6 nitrogen and oxygen atoms in total. The van der Waals surface area contributed by atoms with Crippen molar-refractivity contribution in [2.24, 2.45) is 4.99 Å². The predicted molar refractivity (Wildman–Crippen MR) is 143 cm³/mol. The number of amides is 2. The second-order valence-electron chi connectivity index (χ2n) is 8.64. The molecule has 2 aliphatic rings. The second-order valence-corrected chi connectivity index (χ2v) is 10.5. The van der Waals surface area contributed by atoms with Gasteiger partial charge in [0.2, 0.25) is 0 Å². The van der Waals surface area contributed by atoms with Gasteiger partial charge >= 0.3 is 0 Å². The van der Waals surface area contributed by atoms with Gasteiger partial charge in [0.05, 0.1) is 5.02 Å². The van der Waals surface area contributed by atoms with Crippen LogP contribution < -0.4 is 5.32 Å². The fourth-order valence-electron chi connectivity index (χ4n) is 4.48. The van der Waals surface area contributed by atoms with Crippen molar-refractivity contribution in [3.63, 3.8) is 0 Å². The molecule has 9 heteroatoms. The molecule has 0 aliphatic carbocycles. The van der Waals surface area contributed by atoms with Crippen LogP contribution in [0, 0.1) is 0 Å². The number of carbonyl (C=O) groups excluding carboxylic acids is 2. The molecule has 1 unspecified atom stereocenters. The molecule has 180 valence electrons. The van der Waals surface area contributed by atoms with Crippen molar-refractivity contribution in [2.45, 2.75) is 19.4 Å². The lowest BCUT2D eigenvalue weighted by atomic mass is 10.0. The summed E-state index contributed by atoms with van der Waals surface area (Å²) in [6, 6.07) is 15.2. The molecular formula is C26H24Cl2N4O2S. The topological polar surface area (TPSA) is 65.0 Å². The SMILES string of the molecule is CC1CN(C(=O)C2=NCCC(c3cccc(Cl)c3)=CN2)CCN1C(=O)c1sc2ccccc2c1Cl. The molecule has 2 aromatic carbocycles. The highest BCUT2D eigenvalue weighted by molar-refractivity contribution is 7.21. The van der Waals surface area contributed by atoms with Gasteiger partial charge in [-0.1, -0.05) is 53.5 Å². The summed E-state index contributed by atoms with van der Waals surface area (Å²) in [4.78, 5) is 35.1. The fourth-order valence-corrected chi connectivity index (χ4v) is 6.14. The van der Waals surface area contributed by atoms with Crippen LogP contribution in [0.15, 0.2) is 59.7 Å². The van der Waals surface area contributed by atoms with Crippen LogP contribution in [-0.4, -0.2) is 59.7 Å². The summed E-state index contributed by atoms with van der Waals surface area (Å²) < 4.78 is 0.991. The molecule has 3 aromatic rings. The Morgan fingerprint density at radius 2 is 1.91 bits per heavy atom. The lowest BCUT2D eigenvalue weighted by Crippen LogP contribution is -2.57. The third-order valence-corrected chi connectivity index (χ3v) is 8.24. The van der Waals surface area contributed by atoms with Gasteiger partial charge in [0.1, 0.15) is 4.88 Å². The van der Waals surface area contributed by atoms with Crippen LogP contribution in [0.5, 0.6) is 0 Å². The average molecular weight is 527 g/mol. The Labute approximate surface area is 217 Å². The maximum Gasteiger partial charge on any atom is 0.289 e. The molecule has 5 rings (SSSR count). The highest BCUT2D eigenvalue weighted by Gasteiger charge is 2.33. The van der Waals surface area contributed by atoms with Gasteiger partial charge in [-0.3, -0.25) is 14.6 Å². The first-order valence-corrected chi connectivity index (χ1v) is 13.0. The molecule has 2 amide bonds. The van der Waals surface area contributed by atoms with E-state index in [9.17, 15) is 9.59 Å². The molecule has 0 bridgehead atoms. The third-order valence-electron chi connectivity index (χ3n) is 6.34. The molecule has 0 spiro atoms. The lowest BCUT2D eigenvalue weighted by Gasteiger charge is -2.39.